The van der Waals surface area contributed by atoms with Crippen LogP contribution < -0.4 is 10.6 Å². The van der Waals surface area contributed by atoms with Gasteiger partial charge in [0.2, 0.25) is 11.8 Å². The van der Waals surface area contributed by atoms with Gasteiger partial charge in [-0.05, 0) is 62.4 Å². The molecule has 4 nitrogen and oxygen atoms in total. The molecule has 2 aromatic rings. The molecular weight excluding hydrogens is 331 g/mol. The molecular formula is C21H23FN2O2. The highest BCUT2D eigenvalue weighted by molar-refractivity contribution is 6.13. The monoisotopic (exact) mass is 354 g/mol. The number of carbonyl (C=O) groups excluding carboxylic acids is 2. The third-order valence-electron chi connectivity index (χ3n) is 4.90. The summed E-state index contributed by atoms with van der Waals surface area (Å²) in [4.78, 5) is 25.3. The van der Waals surface area contributed by atoms with Gasteiger partial charge < -0.3 is 10.6 Å². The molecule has 0 spiro atoms. The zero-order valence-corrected chi connectivity index (χ0v) is 15.3. The van der Waals surface area contributed by atoms with Crippen molar-refractivity contribution in [3.05, 3.63) is 64.5 Å². The third kappa shape index (κ3) is 3.62. The highest BCUT2D eigenvalue weighted by atomic mass is 19.1. The van der Waals surface area contributed by atoms with E-state index in [1.807, 2.05) is 32.9 Å². The number of carbonyl (C=O) groups is 2. The molecule has 0 aliphatic heterocycles. The van der Waals surface area contributed by atoms with Crippen LogP contribution in [0.3, 0.4) is 0 Å². The van der Waals surface area contributed by atoms with Gasteiger partial charge in [0.1, 0.15) is 11.2 Å². The van der Waals surface area contributed by atoms with Crippen LogP contribution >= 0.6 is 0 Å². The highest BCUT2D eigenvalue weighted by Crippen LogP contribution is 2.47. The SMILES string of the molecule is Cc1cc(C)c(NC(=O)C2(C(=O)NCc3ccc(F)cc3)CC2)c(C)c1. The molecule has 1 aliphatic carbocycles. The number of nitrogens with one attached hydrogen (secondary N) is 2. The van der Waals surface area contributed by atoms with Crippen LogP contribution in [0.15, 0.2) is 36.4 Å². The van der Waals surface area contributed by atoms with Gasteiger partial charge in [-0.2, -0.15) is 0 Å². The predicted molar refractivity (Wildman–Crippen MR) is 99.2 cm³/mol. The largest absolute Gasteiger partial charge is 0.351 e. The molecule has 0 radical (unpaired) electrons. The van der Waals surface area contributed by atoms with Crippen molar-refractivity contribution in [3.63, 3.8) is 0 Å². The number of benzene rings is 2. The molecule has 136 valence electrons. The molecule has 5 heteroatoms. The van der Waals surface area contributed by atoms with Gasteiger partial charge in [-0.25, -0.2) is 4.39 Å². The van der Waals surface area contributed by atoms with Crippen LogP contribution in [-0.4, -0.2) is 11.8 Å². The van der Waals surface area contributed by atoms with E-state index in [0.717, 1.165) is 27.9 Å². The zero-order valence-electron chi connectivity index (χ0n) is 15.3. The fraction of sp³-hybridized carbons (Fsp3) is 0.333. The summed E-state index contributed by atoms with van der Waals surface area (Å²) in [6.07, 6.45) is 1.08. The summed E-state index contributed by atoms with van der Waals surface area (Å²) in [5.74, 6) is -0.854. The number of hydrogen-bond acceptors (Lipinski definition) is 2. The van der Waals surface area contributed by atoms with Gasteiger partial charge in [-0.1, -0.05) is 29.8 Å². The van der Waals surface area contributed by atoms with E-state index in [0.29, 0.717) is 12.8 Å². The first-order chi connectivity index (χ1) is 12.3. The number of anilines is 1. The van der Waals surface area contributed by atoms with Crippen molar-refractivity contribution in [2.45, 2.75) is 40.2 Å². The zero-order chi connectivity index (χ0) is 18.9. The summed E-state index contributed by atoms with van der Waals surface area (Å²) in [5, 5.41) is 5.75. The maximum atomic E-state index is 12.9. The Morgan fingerprint density at radius 3 is 2.12 bits per heavy atom. The lowest BCUT2D eigenvalue weighted by molar-refractivity contribution is -0.134. The van der Waals surface area contributed by atoms with Crippen molar-refractivity contribution in [1.29, 1.82) is 0 Å². The Labute approximate surface area is 152 Å². The van der Waals surface area contributed by atoms with Crippen molar-refractivity contribution in [2.24, 2.45) is 5.41 Å². The van der Waals surface area contributed by atoms with Crippen LogP contribution in [0.4, 0.5) is 10.1 Å². The number of aryl methyl sites for hydroxylation is 3. The van der Waals surface area contributed by atoms with E-state index in [1.165, 1.54) is 12.1 Å². The van der Waals surface area contributed by atoms with Crippen molar-refractivity contribution in [2.75, 3.05) is 5.32 Å². The van der Waals surface area contributed by atoms with E-state index >= 15 is 0 Å². The number of amides is 2. The maximum Gasteiger partial charge on any atom is 0.240 e. The summed E-state index contributed by atoms with van der Waals surface area (Å²) in [6.45, 7) is 6.18. The smallest absolute Gasteiger partial charge is 0.240 e. The lowest BCUT2D eigenvalue weighted by Gasteiger charge is -2.18. The van der Waals surface area contributed by atoms with Gasteiger partial charge in [-0.15, -0.1) is 0 Å². The highest BCUT2D eigenvalue weighted by Gasteiger charge is 2.56. The van der Waals surface area contributed by atoms with E-state index in [9.17, 15) is 14.0 Å². The maximum absolute atomic E-state index is 12.9. The van der Waals surface area contributed by atoms with E-state index in [4.69, 9.17) is 0 Å². The molecule has 0 bridgehead atoms. The van der Waals surface area contributed by atoms with Crippen molar-refractivity contribution in [3.8, 4) is 0 Å². The Morgan fingerprint density at radius 1 is 1.00 bits per heavy atom. The summed E-state index contributed by atoms with van der Waals surface area (Å²) < 4.78 is 12.9. The average molecular weight is 354 g/mol. The molecule has 0 aromatic heterocycles. The molecule has 0 saturated heterocycles. The first-order valence-electron chi connectivity index (χ1n) is 8.74. The average Bonchev–Trinajstić information content (AvgIpc) is 3.39. The van der Waals surface area contributed by atoms with Crippen molar-refractivity contribution >= 4 is 17.5 Å². The quantitative estimate of drug-likeness (QED) is 0.803. The van der Waals surface area contributed by atoms with E-state index < -0.39 is 5.41 Å². The number of halogens is 1. The molecule has 1 aliphatic rings. The first-order valence-corrected chi connectivity index (χ1v) is 8.74. The third-order valence-corrected chi connectivity index (χ3v) is 4.90. The van der Waals surface area contributed by atoms with Crippen LogP contribution in [0.5, 0.6) is 0 Å². The van der Waals surface area contributed by atoms with Gasteiger partial charge in [-0.3, -0.25) is 9.59 Å². The second kappa shape index (κ2) is 6.90. The first kappa shape index (κ1) is 18.1. The number of rotatable bonds is 5. The lowest BCUT2D eigenvalue weighted by Crippen LogP contribution is -2.39. The van der Waals surface area contributed by atoms with Gasteiger partial charge in [0.15, 0.2) is 0 Å². The lowest BCUT2D eigenvalue weighted by atomic mass is 10.0. The van der Waals surface area contributed by atoms with Crippen LogP contribution in [0, 0.1) is 32.0 Å². The van der Waals surface area contributed by atoms with Crippen LogP contribution in [0.1, 0.15) is 35.1 Å². The molecule has 0 atom stereocenters. The normalized spacial score (nSPS) is 14.6. The number of hydrogen-bond donors (Lipinski definition) is 2. The van der Waals surface area contributed by atoms with Gasteiger partial charge in [0.05, 0.1) is 0 Å². The predicted octanol–water partition coefficient (Wildman–Crippen LogP) is 3.79. The molecule has 2 amide bonds. The molecule has 2 aromatic carbocycles. The Morgan fingerprint density at radius 2 is 1.58 bits per heavy atom. The molecule has 1 saturated carbocycles. The second-order valence-corrected chi connectivity index (χ2v) is 7.12. The van der Waals surface area contributed by atoms with Crippen LogP contribution in [0.2, 0.25) is 0 Å². The van der Waals surface area contributed by atoms with Gasteiger partial charge in [0, 0.05) is 12.2 Å². The molecule has 26 heavy (non-hydrogen) atoms. The summed E-state index contributed by atoms with van der Waals surface area (Å²) in [5.41, 5.74) is 3.68. The minimum atomic E-state index is -0.996. The minimum absolute atomic E-state index is 0.260. The van der Waals surface area contributed by atoms with Gasteiger partial charge >= 0.3 is 0 Å². The van der Waals surface area contributed by atoms with E-state index in [-0.39, 0.29) is 24.2 Å². The Balaban J connectivity index is 1.67. The van der Waals surface area contributed by atoms with Gasteiger partial charge in [0.25, 0.3) is 0 Å². The van der Waals surface area contributed by atoms with E-state index in [1.54, 1.807) is 12.1 Å². The van der Waals surface area contributed by atoms with Crippen molar-refractivity contribution in [1.82, 2.24) is 5.32 Å². The van der Waals surface area contributed by atoms with E-state index in [2.05, 4.69) is 10.6 Å². The fourth-order valence-electron chi connectivity index (χ4n) is 3.25. The van der Waals surface area contributed by atoms with Crippen LogP contribution in [0.25, 0.3) is 0 Å². The fourth-order valence-corrected chi connectivity index (χ4v) is 3.25. The summed E-state index contributed by atoms with van der Waals surface area (Å²) >= 11 is 0. The standard InChI is InChI=1S/C21H23FN2O2/c1-13-10-14(2)18(15(3)11-13)24-20(26)21(8-9-21)19(25)23-12-16-4-6-17(22)7-5-16/h4-7,10-11H,8-9,12H2,1-3H3,(H,23,25)(H,24,26). The Kier molecular flexibility index (Phi) is 4.81. The minimum Gasteiger partial charge on any atom is -0.351 e. The Hall–Kier alpha value is -2.69. The summed E-state index contributed by atoms with van der Waals surface area (Å²) in [7, 11) is 0. The van der Waals surface area contributed by atoms with Crippen LogP contribution in [-0.2, 0) is 16.1 Å². The topological polar surface area (TPSA) is 58.2 Å². The Bertz CT molecular complexity index is 832. The molecule has 0 unspecified atom stereocenters. The summed E-state index contributed by atoms with van der Waals surface area (Å²) in [6, 6.07) is 9.96. The second-order valence-electron chi connectivity index (χ2n) is 7.12. The molecule has 0 heterocycles. The molecule has 3 rings (SSSR count). The van der Waals surface area contributed by atoms with Crippen molar-refractivity contribution < 1.29 is 14.0 Å². The molecule has 2 N–H and O–H groups in total. The molecule has 1 fully saturated rings.